The zero-order chi connectivity index (χ0) is 13.0. The molecule has 0 aliphatic rings. The fourth-order valence-electron chi connectivity index (χ4n) is 1.84. The van der Waals surface area contributed by atoms with Crippen molar-refractivity contribution in [3.8, 4) is 11.5 Å². The number of methoxy groups -OCH3 is 2. The minimum absolute atomic E-state index is 0.808. The highest BCUT2D eigenvalue weighted by Gasteiger charge is 2.07. The molecule has 0 aromatic heterocycles. The number of benzene rings is 2. The maximum Gasteiger partial charge on any atom is 0.126 e. The summed E-state index contributed by atoms with van der Waals surface area (Å²) in [6.45, 7) is 0. The summed E-state index contributed by atoms with van der Waals surface area (Å²) in [6, 6.07) is 14.1. The Morgan fingerprint density at radius 3 is 2.39 bits per heavy atom. The second-order valence-electron chi connectivity index (χ2n) is 3.95. The maximum absolute atomic E-state index is 5.40. The van der Waals surface area contributed by atoms with Gasteiger partial charge in [0.25, 0.3) is 0 Å². The van der Waals surface area contributed by atoms with Crippen molar-refractivity contribution in [3.05, 3.63) is 58.1 Å². The molecule has 0 aliphatic heterocycles. The zero-order valence-corrected chi connectivity index (χ0v) is 12.0. The van der Waals surface area contributed by atoms with Crippen molar-refractivity contribution in [2.24, 2.45) is 0 Å². The van der Waals surface area contributed by atoms with Crippen molar-refractivity contribution >= 4 is 15.9 Å². The number of hydrogen-bond donors (Lipinski definition) is 0. The normalized spacial score (nSPS) is 10.2. The van der Waals surface area contributed by atoms with Gasteiger partial charge in [-0.25, -0.2) is 0 Å². The Hall–Kier alpha value is -1.48. The van der Waals surface area contributed by atoms with Crippen LogP contribution in [-0.4, -0.2) is 14.2 Å². The highest BCUT2D eigenvalue weighted by atomic mass is 79.9. The van der Waals surface area contributed by atoms with Crippen LogP contribution in [0.3, 0.4) is 0 Å². The van der Waals surface area contributed by atoms with E-state index in [1.807, 2.05) is 36.4 Å². The number of rotatable bonds is 4. The lowest BCUT2D eigenvalue weighted by molar-refractivity contribution is 0.391. The van der Waals surface area contributed by atoms with Gasteiger partial charge in [0.1, 0.15) is 11.5 Å². The van der Waals surface area contributed by atoms with Crippen molar-refractivity contribution in [3.63, 3.8) is 0 Å². The molecule has 0 radical (unpaired) electrons. The first kappa shape index (κ1) is 13.0. The molecule has 3 heteroatoms. The molecule has 0 amide bonds. The Labute approximate surface area is 116 Å². The lowest BCUT2D eigenvalue weighted by Gasteiger charge is -2.11. The third-order valence-corrected chi connectivity index (χ3v) is 3.61. The van der Waals surface area contributed by atoms with Crippen molar-refractivity contribution in [2.45, 2.75) is 6.42 Å². The molecule has 0 aliphatic carbocycles. The van der Waals surface area contributed by atoms with E-state index in [9.17, 15) is 0 Å². The van der Waals surface area contributed by atoms with Crippen LogP contribution in [0.2, 0.25) is 0 Å². The van der Waals surface area contributed by atoms with E-state index in [2.05, 4.69) is 22.0 Å². The monoisotopic (exact) mass is 306 g/mol. The van der Waals surface area contributed by atoms with Crippen LogP contribution in [0.1, 0.15) is 11.1 Å². The average Bonchev–Trinajstić information content (AvgIpc) is 2.41. The van der Waals surface area contributed by atoms with Crippen LogP contribution in [0.15, 0.2) is 46.9 Å². The number of hydrogen-bond acceptors (Lipinski definition) is 2. The van der Waals surface area contributed by atoms with Crippen molar-refractivity contribution in [1.29, 1.82) is 0 Å². The average molecular weight is 307 g/mol. The SMILES string of the molecule is COc1ccc(Cc2ccccc2Br)c(OC)c1. The van der Waals surface area contributed by atoms with Gasteiger partial charge in [0.15, 0.2) is 0 Å². The predicted octanol–water partition coefficient (Wildman–Crippen LogP) is 4.06. The third-order valence-electron chi connectivity index (χ3n) is 2.83. The molecular formula is C15H15BrO2. The molecule has 2 rings (SSSR count). The van der Waals surface area contributed by atoms with Crippen LogP contribution in [0.5, 0.6) is 11.5 Å². The Bertz CT molecular complexity index is 538. The van der Waals surface area contributed by atoms with Gasteiger partial charge in [0.05, 0.1) is 14.2 Å². The van der Waals surface area contributed by atoms with Gasteiger partial charge in [-0.3, -0.25) is 0 Å². The first-order valence-electron chi connectivity index (χ1n) is 5.69. The molecule has 0 spiro atoms. The number of halogens is 1. The molecule has 94 valence electrons. The van der Waals surface area contributed by atoms with Gasteiger partial charge in [-0.2, -0.15) is 0 Å². The summed E-state index contributed by atoms with van der Waals surface area (Å²) in [7, 11) is 3.33. The molecule has 0 N–H and O–H groups in total. The van der Waals surface area contributed by atoms with E-state index in [1.54, 1.807) is 14.2 Å². The summed E-state index contributed by atoms with van der Waals surface area (Å²) < 4.78 is 11.7. The van der Waals surface area contributed by atoms with E-state index in [-0.39, 0.29) is 0 Å². The summed E-state index contributed by atoms with van der Waals surface area (Å²) in [5.41, 5.74) is 2.38. The molecule has 0 atom stereocenters. The molecule has 0 heterocycles. The van der Waals surface area contributed by atoms with Crippen molar-refractivity contribution in [1.82, 2.24) is 0 Å². The minimum Gasteiger partial charge on any atom is -0.497 e. The summed E-state index contributed by atoms with van der Waals surface area (Å²) in [4.78, 5) is 0. The van der Waals surface area contributed by atoms with Gasteiger partial charge >= 0.3 is 0 Å². The highest BCUT2D eigenvalue weighted by molar-refractivity contribution is 9.10. The van der Waals surface area contributed by atoms with Gasteiger partial charge in [-0.1, -0.05) is 40.2 Å². The molecule has 18 heavy (non-hydrogen) atoms. The van der Waals surface area contributed by atoms with E-state index < -0.39 is 0 Å². The Morgan fingerprint density at radius 2 is 1.72 bits per heavy atom. The van der Waals surface area contributed by atoms with E-state index in [4.69, 9.17) is 9.47 Å². The van der Waals surface area contributed by atoms with Gasteiger partial charge < -0.3 is 9.47 Å². The lowest BCUT2D eigenvalue weighted by Crippen LogP contribution is -1.95. The molecule has 0 fully saturated rings. The van der Waals surface area contributed by atoms with Crippen LogP contribution >= 0.6 is 15.9 Å². The Balaban J connectivity index is 2.32. The molecule has 0 unspecified atom stereocenters. The molecule has 0 saturated carbocycles. The largest absolute Gasteiger partial charge is 0.497 e. The van der Waals surface area contributed by atoms with Gasteiger partial charge in [-0.05, 0) is 23.3 Å². The smallest absolute Gasteiger partial charge is 0.126 e. The van der Waals surface area contributed by atoms with E-state index in [1.165, 1.54) is 5.56 Å². The van der Waals surface area contributed by atoms with Gasteiger partial charge in [0.2, 0.25) is 0 Å². The molecule has 2 nitrogen and oxygen atoms in total. The Morgan fingerprint density at radius 1 is 0.944 bits per heavy atom. The molecule has 2 aromatic carbocycles. The maximum atomic E-state index is 5.40. The predicted molar refractivity (Wildman–Crippen MR) is 76.5 cm³/mol. The minimum atomic E-state index is 0.808. The summed E-state index contributed by atoms with van der Waals surface area (Å²) in [5.74, 6) is 1.66. The summed E-state index contributed by atoms with van der Waals surface area (Å²) in [6.07, 6.45) is 0.828. The fraction of sp³-hybridized carbons (Fsp3) is 0.200. The van der Waals surface area contributed by atoms with E-state index >= 15 is 0 Å². The number of ether oxygens (including phenoxy) is 2. The zero-order valence-electron chi connectivity index (χ0n) is 10.4. The first-order valence-corrected chi connectivity index (χ1v) is 6.48. The fourth-order valence-corrected chi connectivity index (χ4v) is 2.27. The second kappa shape index (κ2) is 5.91. The molecule has 0 saturated heterocycles. The van der Waals surface area contributed by atoms with Crippen LogP contribution in [0.4, 0.5) is 0 Å². The Kier molecular flexibility index (Phi) is 4.26. The van der Waals surface area contributed by atoms with Crippen LogP contribution in [0, 0.1) is 0 Å². The standard InChI is InChI=1S/C15H15BrO2/c1-17-13-8-7-12(15(10-13)18-2)9-11-5-3-4-6-14(11)16/h3-8,10H,9H2,1-2H3. The van der Waals surface area contributed by atoms with Crippen LogP contribution < -0.4 is 9.47 Å². The molecule has 2 aromatic rings. The quantitative estimate of drug-likeness (QED) is 0.848. The molecule has 0 bridgehead atoms. The highest BCUT2D eigenvalue weighted by Crippen LogP contribution is 2.28. The third kappa shape index (κ3) is 2.85. The van der Waals surface area contributed by atoms with Gasteiger partial charge in [-0.15, -0.1) is 0 Å². The van der Waals surface area contributed by atoms with Crippen molar-refractivity contribution < 1.29 is 9.47 Å². The van der Waals surface area contributed by atoms with E-state index in [0.717, 1.165) is 28.0 Å². The topological polar surface area (TPSA) is 18.5 Å². The first-order chi connectivity index (χ1) is 8.74. The van der Waals surface area contributed by atoms with Gasteiger partial charge in [0, 0.05) is 17.0 Å². The van der Waals surface area contributed by atoms with Crippen molar-refractivity contribution in [2.75, 3.05) is 14.2 Å². The second-order valence-corrected chi connectivity index (χ2v) is 4.80. The van der Waals surface area contributed by atoms with E-state index in [0.29, 0.717) is 0 Å². The van der Waals surface area contributed by atoms with Crippen LogP contribution in [0.25, 0.3) is 0 Å². The lowest BCUT2D eigenvalue weighted by atomic mass is 10.0. The molecular weight excluding hydrogens is 292 g/mol. The summed E-state index contributed by atoms with van der Waals surface area (Å²) >= 11 is 3.56. The summed E-state index contributed by atoms with van der Waals surface area (Å²) in [5, 5.41) is 0. The van der Waals surface area contributed by atoms with Crippen LogP contribution in [-0.2, 0) is 6.42 Å².